The zero-order valence-corrected chi connectivity index (χ0v) is 10.9. The van der Waals surface area contributed by atoms with Crippen molar-refractivity contribution in [1.29, 1.82) is 0 Å². The minimum Gasteiger partial charge on any atom is -0.326 e. The minimum absolute atomic E-state index is 0.242. The average molecular weight is 230 g/mol. The first kappa shape index (κ1) is 12.8. The maximum absolute atomic E-state index is 11.6. The zero-order chi connectivity index (χ0) is 11.4. The van der Waals surface area contributed by atoms with Gasteiger partial charge in [0.15, 0.2) is 0 Å². The Morgan fingerprint density at radius 1 is 1.53 bits per heavy atom. The standard InChI is InChI=1S/C11H22N2OS/c1-8(2)11-12-7-10(14)13(11)6-5-9(3)15-4/h8-9,11-12H,5-7H2,1-4H3. The van der Waals surface area contributed by atoms with Gasteiger partial charge in [-0.15, -0.1) is 0 Å². The van der Waals surface area contributed by atoms with E-state index in [-0.39, 0.29) is 12.1 Å². The molecule has 0 radical (unpaired) electrons. The van der Waals surface area contributed by atoms with Crippen LogP contribution in [0.5, 0.6) is 0 Å². The Hall–Kier alpha value is -0.220. The van der Waals surface area contributed by atoms with Gasteiger partial charge in [0.1, 0.15) is 0 Å². The second-order valence-corrected chi connectivity index (χ2v) is 5.77. The van der Waals surface area contributed by atoms with E-state index in [1.807, 2.05) is 16.7 Å². The Morgan fingerprint density at radius 2 is 2.20 bits per heavy atom. The van der Waals surface area contributed by atoms with Crippen LogP contribution >= 0.6 is 11.8 Å². The lowest BCUT2D eigenvalue weighted by molar-refractivity contribution is -0.128. The normalized spacial score (nSPS) is 23.9. The molecule has 1 rings (SSSR count). The minimum atomic E-state index is 0.242. The summed E-state index contributed by atoms with van der Waals surface area (Å²) < 4.78 is 0. The van der Waals surface area contributed by atoms with Crippen molar-refractivity contribution in [2.45, 2.75) is 38.6 Å². The number of thioether (sulfide) groups is 1. The molecule has 1 amide bonds. The Balaban J connectivity index is 2.46. The van der Waals surface area contributed by atoms with Crippen LogP contribution in [0.3, 0.4) is 0 Å². The molecular formula is C11H22N2OS. The summed E-state index contributed by atoms with van der Waals surface area (Å²) in [4.78, 5) is 13.6. The van der Waals surface area contributed by atoms with Gasteiger partial charge in [-0.05, 0) is 18.6 Å². The third-order valence-corrected chi connectivity index (χ3v) is 3.97. The summed E-state index contributed by atoms with van der Waals surface area (Å²) in [6.45, 7) is 7.92. The third-order valence-electron chi connectivity index (χ3n) is 2.93. The summed E-state index contributed by atoms with van der Waals surface area (Å²) in [6, 6.07) is 0. The first-order valence-corrected chi connectivity index (χ1v) is 6.90. The maximum Gasteiger partial charge on any atom is 0.237 e. The van der Waals surface area contributed by atoms with Crippen LogP contribution in [0.2, 0.25) is 0 Å². The van der Waals surface area contributed by atoms with E-state index in [4.69, 9.17) is 0 Å². The molecule has 88 valence electrons. The monoisotopic (exact) mass is 230 g/mol. The molecule has 4 heteroatoms. The molecule has 0 spiro atoms. The number of nitrogens with zero attached hydrogens (tertiary/aromatic N) is 1. The summed E-state index contributed by atoms with van der Waals surface area (Å²) in [5.74, 6) is 0.739. The van der Waals surface area contributed by atoms with E-state index in [1.165, 1.54) is 0 Å². The van der Waals surface area contributed by atoms with Crippen LogP contribution in [0.15, 0.2) is 0 Å². The molecule has 0 aromatic heterocycles. The maximum atomic E-state index is 11.6. The van der Waals surface area contributed by atoms with Gasteiger partial charge in [-0.1, -0.05) is 20.8 Å². The van der Waals surface area contributed by atoms with E-state index in [1.54, 1.807) is 0 Å². The molecule has 2 atom stereocenters. The van der Waals surface area contributed by atoms with Crippen molar-refractivity contribution in [3.8, 4) is 0 Å². The summed E-state index contributed by atoms with van der Waals surface area (Å²) in [5.41, 5.74) is 0. The number of nitrogens with one attached hydrogen (secondary N) is 1. The number of hydrogen-bond donors (Lipinski definition) is 1. The largest absolute Gasteiger partial charge is 0.326 e. The first-order chi connectivity index (χ1) is 7.06. The van der Waals surface area contributed by atoms with Gasteiger partial charge in [0.25, 0.3) is 0 Å². The topological polar surface area (TPSA) is 32.3 Å². The van der Waals surface area contributed by atoms with Gasteiger partial charge in [0, 0.05) is 11.8 Å². The highest BCUT2D eigenvalue weighted by molar-refractivity contribution is 7.99. The Labute approximate surface area is 97.0 Å². The van der Waals surface area contributed by atoms with E-state index in [9.17, 15) is 4.79 Å². The quantitative estimate of drug-likeness (QED) is 0.777. The van der Waals surface area contributed by atoms with Crippen molar-refractivity contribution >= 4 is 17.7 Å². The molecule has 0 saturated carbocycles. The SMILES string of the molecule is CSC(C)CCN1C(=O)CNC1C(C)C. The zero-order valence-electron chi connectivity index (χ0n) is 10.1. The molecule has 0 aliphatic carbocycles. The highest BCUT2D eigenvalue weighted by Gasteiger charge is 2.31. The molecule has 3 nitrogen and oxygen atoms in total. The van der Waals surface area contributed by atoms with E-state index in [2.05, 4.69) is 32.3 Å². The predicted octanol–water partition coefficient (Wildman–Crippen LogP) is 1.54. The van der Waals surface area contributed by atoms with Gasteiger partial charge in [-0.3, -0.25) is 10.1 Å². The highest BCUT2D eigenvalue weighted by Crippen LogP contribution is 2.17. The average Bonchev–Trinajstić information content (AvgIpc) is 2.56. The van der Waals surface area contributed by atoms with Crippen molar-refractivity contribution in [2.75, 3.05) is 19.3 Å². The van der Waals surface area contributed by atoms with Gasteiger partial charge < -0.3 is 4.90 Å². The molecule has 1 N–H and O–H groups in total. The number of rotatable bonds is 5. The number of hydrogen-bond acceptors (Lipinski definition) is 3. The highest BCUT2D eigenvalue weighted by atomic mass is 32.2. The van der Waals surface area contributed by atoms with Gasteiger partial charge in [0.05, 0.1) is 12.7 Å². The van der Waals surface area contributed by atoms with Gasteiger partial charge >= 0.3 is 0 Å². The van der Waals surface area contributed by atoms with Crippen LogP contribution in [0.4, 0.5) is 0 Å². The van der Waals surface area contributed by atoms with Gasteiger partial charge in [0.2, 0.25) is 5.91 Å². The van der Waals surface area contributed by atoms with Crippen LogP contribution in [-0.2, 0) is 4.79 Å². The lowest BCUT2D eigenvalue weighted by Gasteiger charge is -2.28. The molecule has 1 aliphatic rings. The van der Waals surface area contributed by atoms with Crippen LogP contribution < -0.4 is 5.32 Å². The van der Waals surface area contributed by atoms with Crippen LogP contribution in [-0.4, -0.2) is 41.6 Å². The molecule has 2 unspecified atom stereocenters. The fourth-order valence-electron chi connectivity index (χ4n) is 1.86. The van der Waals surface area contributed by atoms with E-state index in [0.717, 1.165) is 13.0 Å². The molecule has 1 fully saturated rings. The molecule has 15 heavy (non-hydrogen) atoms. The summed E-state index contributed by atoms with van der Waals surface area (Å²) in [6.07, 6.45) is 3.44. The number of carbonyl (C=O) groups is 1. The van der Waals surface area contributed by atoms with Gasteiger partial charge in [-0.25, -0.2) is 0 Å². The van der Waals surface area contributed by atoms with Crippen LogP contribution in [0.25, 0.3) is 0 Å². The summed E-state index contributed by atoms with van der Waals surface area (Å²) in [7, 11) is 0. The molecular weight excluding hydrogens is 208 g/mol. The fraction of sp³-hybridized carbons (Fsp3) is 0.909. The predicted molar refractivity (Wildman–Crippen MR) is 65.9 cm³/mol. The fourth-order valence-corrected chi connectivity index (χ4v) is 2.20. The molecule has 1 aliphatic heterocycles. The smallest absolute Gasteiger partial charge is 0.237 e. The van der Waals surface area contributed by atoms with E-state index < -0.39 is 0 Å². The molecule has 1 saturated heterocycles. The van der Waals surface area contributed by atoms with E-state index in [0.29, 0.717) is 17.7 Å². The first-order valence-electron chi connectivity index (χ1n) is 5.62. The van der Waals surface area contributed by atoms with Crippen molar-refractivity contribution in [3.63, 3.8) is 0 Å². The summed E-state index contributed by atoms with van der Waals surface area (Å²) >= 11 is 1.86. The Bertz CT molecular complexity index is 221. The van der Waals surface area contributed by atoms with Crippen molar-refractivity contribution in [2.24, 2.45) is 5.92 Å². The number of carbonyl (C=O) groups excluding carboxylic acids is 1. The summed E-state index contributed by atoms with van der Waals surface area (Å²) in [5, 5.41) is 3.90. The second-order valence-electron chi connectivity index (χ2n) is 4.49. The van der Waals surface area contributed by atoms with Crippen LogP contribution in [0, 0.1) is 5.92 Å². The lowest BCUT2D eigenvalue weighted by atomic mass is 10.1. The third kappa shape index (κ3) is 3.38. The van der Waals surface area contributed by atoms with Crippen molar-refractivity contribution in [3.05, 3.63) is 0 Å². The lowest BCUT2D eigenvalue weighted by Crippen LogP contribution is -2.42. The van der Waals surface area contributed by atoms with E-state index >= 15 is 0 Å². The van der Waals surface area contributed by atoms with Gasteiger partial charge in [-0.2, -0.15) is 11.8 Å². The molecule has 0 bridgehead atoms. The molecule has 0 aromatic rings. The Morgan fingerprint density at radius 3 is 2.73 bits per heavy atom. The Kier molecular flexibility index (Phi) is 4.93. The molecule has 0 aromatic carbocycles. The van der Waals surface area contributed by atoms with Crippen molar-refractivity contribution in [1.82, 2.24) is 10.2 Å². The number of amides is 1. The molecule has 1 heterocycles. The van der Waals surface area contributed by atoms with Crippen LogP contribution in [0.1, 0.15) is 27.2 Å². The van der Waals surface area contributed by atoms with Crippen molar-refractivity contribution < 1.29 is 4.79 Å². The second kappa shape index (κ2) is 5.75.